The monoisotopic (exact) mass is 663 g/mol. The lowest BCUT2D eigenvalue weighted by molar-refractivity contribution is 0.306. The zero-order valence-electron chi connectivity index (χ0n) is 38.3. The summed E-state index contributed by atoms with van der Waals surface area (Å²) in [5.74, 6) is 2.38. The number of aryl methyl sites for hydroxylation is 3. The third-order valence-corrected chi connectivity index (χ3v) is 11.6. The largest absolute Gasteiger partial charge is 0.456 e. The van der Waals surface area contributed by atoms with Crippen LogP contribution in [0.1, 0.15) is 92.8 Å². The molecule has 8 rings (SSSR count). The molecule has 0 saturated heterocycles. The number of fused-ring (bicyclic) bond motifs is 4. The summed E-state index contributed by atoms with van der Waals surface area (Å²) in [6.45, 7) is 4.58. The van der Waals surface area contributed by atoms with Gasteiger partial charge in [0, 0.05) is 62.0 Å². The Morgan fingerprint density at radius 2 is 0.920 bits per heavy atom. The van der Waals surface area contributed by atoms with Gasteiger partial charge in [-0.25, -0.2) is 0 Å². The molecule has 0 amide bonds. The van der Waals surface area contributed by atoms with Gasteiger partial charge in [-0.2, -0.15) is 0 Å². The van der Waals surface area contributed by atoms with E-state index in [2.05, 4.69) is 41.5 Å². The Morgan fingerprint density at radius 3 is 1.60 bits per heavy atom. The van der Waals surface area contributed by atoms with Gasteiger partial charge in [0.05, 0.1) is 0 Å². The van der Waals surface area contributed by atoms with Crippen LogP contribution in [0.25, 0.3) is 33.4 Å². The average molecular weight is 664 g/mol. The average Bonchev–Trinajstić information content (AvgIpc) is 3.22. The Hall–Kier alpha value is -5.08. The second-order valence-corrected chi connectivity index (χ2v) is 15.1. The van der Waals surface area contributed by atoms with E-state index < -0.39 is 36.8 Å². The molecule has 0 radical (unpaired) electrons. The van der Waals surface area contributed by atoms with Gasteiger partial charge in [0.1, 0.15) is 23.0 Å². The number of benzene rings is 6. The molecule has 0 unspecified atom stereocenters. The molecule has 0 saturated carbocycles. The number of para-hydroxylation sites is 4. The van der Waals surface area contributed by atoms with E-state index in [1.807, 2.05) is 78.9 Å². The van der Waals surface area contributed by atoms with Crippen LogP contribution in [-0.4, -0.2) is 0 Å². The van der Waals surface area contributed by atoms with E-state index in [-0.39, 0.29) is 33.4 Å². The highest BCUT2D eigenvalue weighted by Gasteiger charge is 2.45. The van der Waals surface area contributed by atoms with Gasteiger partial charge in [0.15, 0.2) is 0 Å². The van der Waals surface area contributed by atoms with Crippen LogP contribution >= 0.6 is 0 Å². The van der Waals surface area contributed by atoms with Crippen molar-refractivity contribution in [2.45, 2.75) is 78.3 Å². The molecule has 250 valence electrons. The van der Waals surface area contributed by atoms with Crippen LogP contribution in [-0.2, 0) is 16.2 Å². The standard InChI is InChI=1S/C48H46O2/c1-29-26-32(34-16-14-20-40-44(34)49-42-22-12-10-18-38(42)46(40,4)5)24-25-33(29)36-27-31(3)37(28-30(36)2)35-17-15-21-41-45(35)50-43-23-13-11-19-39(43)47(6,7)48(41,8)9/h10-28H,1-9H3/i1D3,2D3,3D3. The van der Waals surface area contributed by atoms with Crippen molar-refractivity contribution in [3.8, 4) is 56.4 Å². The van der Waals surface area contributed by atoms with Crippen molar-refractivity contribution in [1.29, 1.82) is 0 Å². The van der Waals surface area contributed by atoms with E-state index in [0.29, 0.717) is 39.7 Å². The molecule has 0 atom stereocenters. The van der Waals surface area contributed by atoms with Gasteiger partial charge in [0.25, 0.3) is 0 Å². The second kappa shape index (κ2) is 11.2. The first kappa shape index (κ1) is 23.3. The van der Waals surface area contributed by atoms with Gasteiger partial charge >= 0.3 is 0 Å². The Balaban J connectivity index is 1.36. The molecule has 2 heteroatoms. The summed E-state index contributed by atoms with van der Waals surface area (Å²) in [5, 5.41) is 0. The minimum Gasteiger partial charge on any atom is -0.456 e. The van der Waals surface area contributed by atoms with Gasteiger partial charge in [-0.15, -0.1) is 0 Å². The van der Waals surface area contributed by atoms with E-state index in [0.717, 1.165) is 22.3 Å². The lowest BCUT2D eigenvalue weighted by Gasteiger charge is -2.41. The van der Waals surface area contributed by atoms with Crippen LogP contribution in [0.5, 0.6) is 23.0 Å². The molecule has 50 heavy (non-hydrogen) atoms. The predicted octanol–water partition coefficient (Wildman–Crippen LogP) is 13.4. The van der Waals surface area contributed by atoms with E-state index >= 15 is 0 Å². The maximum Gasteiger partial charge on any atom is 0.139 e. The molecule has 2 nitrogen and oxygen atoms in total. The highest BCUT2D eigenvalue weighted by Crippen LogP contribution is 2.56. The Labute approximate surface area is 310 Å². The van der Waals surface area contributed by atoms with Crippen LogP contribution in [0.3, 0.4) is 0 Å². The molecule has 6 aromatic carbocycles. The quantitative estimate of drug-likeness (QED) is 0.188. The number of ether oxygens (including phenoxy) is 2. The highest BCUT2D eigenvalue weighted by molar-refractivity contribution is 5.84. The lowest BCUT2D eigenvalue weighted by Crippen LogP contribution is -2.39. The normalized spacial score (nSPS) is 19.5. The van der Waals surface area contributed by atoms with Crippen LogP contribution in [0, 0.1) is 20.6 Å². The van der Waals surface area contributed by atoms with Crippen molar-refractivity contribution in [2.24, 2.45) is 0 Å². The van der Waals surface area contributed by atoms with E-state index in [4.69, 9.17) is 21.8 Å². The predicted molar refractivity (Wildman–Crippen MR) is 208 cm³/mol. The highest BCUT2D eigenvalue weighted by atomic mass is 16.5. The van der Waals surface area contributed by atoms with Crippen LogP contribution in [0.4, 0.5) is 0 Å². The van der Waals surface area contributed by atoms with Crippen molar-refractivity contribution < 1.29 is 21.8 Å². The number of rotatable bonds is 3. The fraction of sp³-hybridized carbons (Fsp3) is 0.250. The maximum atomic E-state index is 8.81. The molecule has 2 aliphatic rings. The smallest absolute Gasteiger partial charge is 0.139 e. The molecule has 0 aromatic heterocycles. The molecule has 0 N–H and O–H groups in total. The van der Waals surface area contributed by atoms with E-state index in [9.17, 15) is 0 Å². The van der Waals surface area contributed by atoms with E-state index in [1.54, 1.807) is 24.3 Å². The van der Waals surface area contributed by atoms with Gasteiger partial charge in [-0.05, 0) is 71.6 Å². The Kier molecular flexibility index (Phi) is 5.24. The van der Waals surface area contributed by atoms with Crippen molar-refractivity contribution in [1.82, 2.24) is 0 Å². The molecule has 2 aliphatic heterocycles. The first-order valence-electron chi connectivity index (χ1n) is 21.6. The zero-order chi connectivity index (χ0) is 42.7. The Morgan fingerprint density at radius 1 is 0.420 bits per heavy atom. The first-order valence-corrected chi connectivity index (χ1v) is 17.1. The third-order valence-electron chi connectivity index (χ3n) is 11.6. The summed E-state index contributed by atoms with van der Waals surface area (Å²) in [4.78, 5) is 0. The molecular weight excluding hydrogens is 609 g/mol. The van der Waals surface area contributed by atoms with E-state index in [1.165, 1.54) is 12.1 Å². The zero-order valence-corrected chi connectivity index (χ0v) is 29.3. The van der Waals surface area contributed by atoms with Crippen molar-refractivity contribution in [3.05, 3.63) is 154 Å². The molecule has 6 aromatic rings. The van der Waals surface area contributed by atoms with Gasteiger partial charge in [-0.1, -0.05) is 145 Å². The lowest BCUT2D eigenvalue weighted by atomic mass is 9.61. The second-order valence-electron chi connectivity index (χ2n) is 15.1. The van der Waals surface area contributed by atoms with Crippen LogP contribution < -0.4 is 9.47 Å². The summed E-state index contributed by atoms with van der Waals surface area (Å²) < 4.78 is 92.3. The minimum atomic E-state index is -2.77. The fourth-order valence-corrected chi connectivity index (χ4v) is 7.89. The van der Waals surface area contributed by atoms with Crippen molar-refractivity contribution >= 4 is 0 Å². The minimum absolute atomic E-state index is 0.00806. The SMILES string of the molecule is [2H]C([2H])([2H])c1cc(-c2cccc3c2Oc2ccccc2C3(C)C)ccc1-c1cc(C([2H])([2H])[2H])c(-c2cccc3c2Oc2ccccc2C(C)(C)C3(C)C)cc1C([2H])([2H])[2H]. The molecule has 0 aliphatic carbocycles. The summed E-state index contributed by atoms with van der Waals surface area (Å²) in [5.41, 5.74) is 3.98. The van der Waals surface area contributed by atoms with Gasteiger partial charge in [-0.3, -0.25) is 0 Å². The summed E-state index contributed by atoms with van der Waals surface area (Å²) in [6, 6.07) is 34.6. The molecule has 0 spiro atoms. The molecule has 0 fully saturated rings. The van der Waals surface area contributed by atoms with Gasteiger partial charge < -0.3 is 9.47 Å². The Bertz CT molecular complexity index is 2660. The number of hydrogen-bond donors (Lipinski definition) is 0. The van der Waals surface area contributed by atoms with Crippen LogP contribution in [0.2, 0.25) is 0 Å². The summed E-state index contributed by atoms with van der Waals surface area (Å²) >= 11 is 0. The van der Waals surface area contributed by atoms with Gasteiger partial charge in [0.2, 0.25) is 0 Å². The summed E-state index contributed by atoms with van der Waals surface area (Å²) in [6.07, 6.45) is 0. The molecule has 0 bridgehead atoms. The molecular formula is C48H46O2. The topological polar surface area (TPSA) is 18.5 Å². The van der Waals surface area contributed by atoms with Crippen LogP contribution in [0.15, 0.2) is 115 Å². The van der Waals surface area contributed by atoms with Crippen molar-refractivity contribution in [2.75, 3.05) is 0 Å². The molecule has 2 heterocycles. The van der Waals surface area contributed by atoms with Crippen molar-refractivity contribution in [3.63, 3.8) is 0 Å². The number of hydrogen-bond acceptors (Lipinski definition) is 2. The maximum absolute atomic E-state index is 8.81. The summed E-state index contributed by atoms with van der Waals surface area (Å²) in [7, 11) is 0. The third kappa shape index (κ3) is 4.68. The first-order chi connectivity index (χ1) is 27.4. The fourth-order valence-electron chi connectivity index (χ4n) is 7.89.